The summed E-state index contributed by atoms with van der Waals surface area (Å²) in [5, 5.41) is 4.15. The Hall–Kier alpha value is -2.95. The Morgan fingerprint density at radius 1 is 1.05 bits per heavy atom. The molecule has 1 aromatic carbocycles. The minimum Gasteiger partial charge on any atom is -0.306 e. The van der Waals surface area contributed by atoms with Gasteiger partial charge in [-0.25, -0.2) is 9.97 Å². The van der Waals surface area contributed by atoms with E-state index in [9.17, 15) is 0 Å². The van der Waals surface area contributed by atoms with Gasteiger partial charge in [0, 0.05) is 24.3 Å². The van der Waals surface area contributed by atoms with Crippen LogP contribution in [0.25, 0.3) is 5.69 Å². The van der Waals surface area contributed by atoms with Crippen LogP contribution in [-0.4, -0.2) is 20.7 Å². The van der Waals surface area contributed by atoms with E-state index in [2.05, 4.69) is 20.5 Å². The third-order valence-electron chi connectivity index (χ3n) is 2.75. The van der Waals surface area contributed by atoms with Gasteiger partial charge in [0.05, 0.1) is 12.5 Å². The highest BCUT2D eigenvalue weighted by atomic mass is 15.3. The van der Waals surface area contributed by atoms with Crippen LogP contribution in [0.3, 0.4) is 0 Å². The fraction of sp³-hybridized carbons (Fsp3) is 0. The number of imidazole rings is 1. The number of hydrogen-bond donors (Lipinski definition) is 1. The highest BCUT2D eigenvalue weighted by Crippen LogP contribution is 2.08. The summed E-state index contributed by atoms with van der Waals surface area (Å²) in [5.74, 6) is 0.721. The van der Waals surface area contributed by atoms with Gasteiger partial charge in [0.2, 0.25) is 0 Å². The quantitative estimate of drug-likeness (QED) is 0.581. The molecule has 0 aliphatic carbocycles. The summed E-state index contributed by atoms with van der Waals surface area (Å²) >= 11 is 0. The third kappa shape index (κ3) is 2.89. The van der Waals surface area contributed by atoms with Crippen molar-refractivity contribution in [2.24, 2.45) is 5.10 Å². The van der Waals surface area contributed by atoms with E-state index in [1.807, 2.05) is 53.2 Å². The number of pyridine rings is 1. The second-order valence-electron chi connectivity index (χ2n) is 4.15. The summed E-state index contributed by atoms with van der Waals surface area (Å²) in [6, 6.07) is 13.7. The first-order valence-corrected chi connectivity index (χ1v) is 6.20. The molecule has 0 radical (unpaired) electrons. The van der Waals surface area contributed by atoms with Crippen molar-refractivity contribution in [3.8, 4) is 5.69 Å². The average Bonchev–Trinajstić information content (AvgIpc) is 3.03. The van der Waals surface area contributed by atoms with Crippen molar-refractivity contribution in [2.75, 3.05) is 5.43 Å². The van der Waals surface area contributed by atoms with Crippen LogP contribution in [0.5, 0.6) is 0 Å². The smallest absolute Gasteiger partial charge is 0.146 e. The third-order valence-corrected chi connectivity index (χ3v) is 2.75. The molecule has 5 heteroatoms. The molecule has 0 saturated carbocycles. The lowest BCUT2D eigenvalue weighted by molar-refractivity contribution is 1.06. The standard InChI is InChI=1S/C15H13N5/c1-2-8-17-15(3-1)19-18-11-13-4-6-14(7-5-13)20-10-9-16-12-20/h1-12H,(H,17,19)/b18-11+. The molecule has 0 amide bonds. The molecule has 3 aromatic rings. The zero-order chi connectivity index (χ0) is 13.6. The van der Waals surface area contributed by atoms with Crippen LogP contribution >= 0.6 is 0 Å². The van der Waals surface area contributed by atoms with Gasteiger partial charge in [-0.1, -0.05) is 18.2 Å². The van der Waals surface area contributed by atoms with Crippen molar-refractivity contribution in [1.29, 1.82) is 0 Å². The van der Waals surface area contributed by atoms with Crippen LogP contribution in [0.2, 0.25) is 0 Å². The van der Waals surface area contributed by atoms with Gasteiger partial charge in [-0.15, -0.1) is 0 Å². The second kappa shape index (κ2) is 5.79. The van der Waals surface area contributed by atoms with Gasteiger partial charge in [-0.3, -0.25) is 5.43 Å². The number of nitrogens with one attached hydrogen (secondary N) is 1. The fourth-order valence-electron chi connectivity index (χ4n) is 1.75. The Bertz CT molecular complexity index is 672. The molecular weight excluding hydrogens is 250 g/mol. The van der Waals surface area contributed by atoms with E-state index in [1.165, 1.54) is 0 Å². The molecule has 0 spiro atoms. The van der Waals surface area contributed by atoms with Crippen molar-refractivity contribution in [1.82, 2.24) is 14.5 Å². The van der Waals surface area contributed by atoms with Gasteiger partial charge < -0.3 is 4.57 Å². The molecule has 0 atom stereocenters. The maximum absolute atomic E-state index is 4.15. The first-order chi connectivity index (χ1) is 9.92. The van der Waals surface area contributed by atoms with E-state index < -0.39 is 0 Å². The largest absolute Gasteiger partial charge is 0.306 e. The van der Waals surface area contributed by atoms with Crippen molar-refractivity contribution in [3.05, 3.63) is 72.9 Å². The predicted molar refractivity (Wildman–Crippen MR) is 79.0 cm³/mol. The summed E-state index contributed by atoms with van der Waals surface area (Å²) in [6.45, 7) is 0. The first-order valence-electron chi connectivity index (χ1n) is 6.20. The topological polar surface area (TPSA) is 55.1 Å². The van der Waals surface area contributed by atoms with Gasteiger partial charge in [0.15, 0.2) is 0 Å². The Morgan fingerprint density at radius 3 is 2.65 bits per heavy atom. The molecular formula is C15H13N5. The summed E-state index contributed by atoms with van der Waals surface area (Å²) in [4.78, 5) is 8.15. The number of anilines is 1. The summed E-state index contributed by atoms with van der Waals surface area (Å²) in [6.07, 6.45) is 8.91. The van der Waals surface area contributed by atoms with Crippen molar-refractivity contribution < 1.29 is 0 Å². The minimum atomic E-state index is 0.721. The lowest BCUT2D eigenvalue weighted by Gasteiger charge is -2.02. The molecule has 0 bridgehead atoms. The molecule has 0 fully saturated rings. The lowest BCUT2D eigenvalue weighted by Crippen LogP contribution is -1.93. The van der Waals surface area contributed by atoms with Gasteiger partial charge in [-0.05, 0) is 29.8 Å². The van der Waals surface area contributed by atoms with E-state index >= 15 is 0 Å². The van der Waals surface area contributed by atoms with Crippen LogP contribution in [0.4, 0.5) is 5.82 Å². The minimum absolute atomic E-state index is 0.721. The summed E-state index contributed by atoms with van der Waals surface area (Å²) < 4.78 is 1.95. The monoisotopic (exact) mass is 263 g/mol. The highest BCUT2D eigenvalue weighted by molar-refractivity contribution is 5.80. The zero-order valence-electron chi connectivity index (χ0n) is 10.7. The van der Waals surface area contributed by atoms with Crippen LogP contribution in [0.15, 0.2) is 72.5 Å². The molecule has 5 nitrogen and oxygen atoms in total. The molecule has 1 N–H and O–H groups in total. The average molecular weight is 263 g/mol. The summed E-state index contributed by atoms with van der Waals surface area (Å²) in [7, 11) is 0. The van der Waals surface area contributed by atoms with Crippen molar-refractivity contribution in [3.63, 3.8) is 0 Å². The van der Waals surface area contributed by atoms with Crippen molar-refractivity contribution in [2.45, 2.75) is 0 Å². The number of hydrazone groups is 1. The van der Waals surface area contributed by atoms with Gasteiger partial charge in [0.1, 0.15) is 5.82 Å². The number of nitrogens with zero attached hydrogens (tertiary/aromatic N) is 4. The SMILES string of the molecule is C(=N\Nc1ccccn1)/c1ccc(-n2ccnc2)cc1. The maximum Gasteiger partial charge on any atom is 0.146 e. The Labute approximate surface area is 116 Å². The highest BCUT2D eigenvalue weighted by Gasteiger charge is 1.94. The van der Waals surface area contributed by atoms with Crippen LogP contribution in [-0.2, 0) is 0 Å². The predicted octanol–water partition coefficient (Wildman–Crippen LogP) is 2.71. The van der Waals surface area contributed by atoms with Crippen LogP contribution in [0, 0.1) is 0 Å². The van der Waals surface area contributed by atoms with E-state index in [0.717, 1.165) is 17.1 Å². The molecule has 20 heavy (non-hydrogen) atoms. The van der Waals surface area contributed by atoms with E-state index in [4.69, 9.17) is 0 Å². The number of rotatable bonds is 4. The number of aromatic nitrogens is 3. The molecule has 0 saturated heterocycles. The molecule has 3 rings (SSSR count). The van der Waals surface area contributed by atoms with Crippen LogP contribution in [0.1, 0.15) is 5.56 Å². The number of hydrogen-bond acceptors (Lipinski definition) is 4. The molecule has 0 unspecified atom stereocenters. The van der Waals surface area contributed by atoms with Gasteiger partial charge in [-0.2, -0.15) is 5.10 Å². The molecule has 2 aromatic heterocycles. The van der Waals surface area contributed by atoms with E-state index in [-0.39, 0.29) is 0 Å². The Balaban J connectivity index is 1.66. The molecule has 2 heterocycles. The Kier molecular flexibility index (Phi) is 3.51. The maximum atomic E-state index is 4.15. The zero-order valence-corrected chi connectivity index (χ0v) is 10.7. The van der Waals surface area contributed by atoms with Gasteiger partial charge in [0.25, 0.3) is 0 Å². The first kappa shape index (κ1) is 12.1. The Morgan fingerprint density at radius 2 is 1.95 bits per heavy atom. The molecule has 0 aliphatic heterocycles. The molecule has 98 valence electrons. The number of benzene rings is 1. The fourth-order valence-corrected chi connectivity index (χ4v) is 1.75. The van der Waals surface area contributed by atoms with Crippen LogP contribution < -0.4 is 5.43 Å². The normalized spacial score (nSPS) is 10.8. The summed E-state index contributed by atoms with van der Waals surface area (Å²) in [5.41, 5.74) is 4.96. The molecule has 0 aliphatic rings. The van der Waals surface area contributed by atoms with E-state index in [1.54, 1.807) is 24.9 Å². The second-order valence-corrected chi connectivity index (χ2v) is 4.15. The van der Waals surface area contributed by atoms with E-state index in [0.29, 0.717) is 0 Å². The van der Waals surface area contributed by atoms with Gasteiger partial charge >= 0.3 is 0 Å². The lowest BCUT2D eigenvalue weighted by atomic mass is 10.2. The van der Waals surface area contributed by atoms with Crippen molar-refractivity contribution >= 4 is 12.0 Å².